The van der Waals surface area contributed by atoms with E-state index in [0.717, 1.165) is 38.0 Å². The van der Waals surface area contributed by atoms with E-state index in [4.69, 9.17) is 9.47 Å². The van der Waals surface area contributed by atoms with Crippen LogP contribution < -0.4 is 0 Å². The SMILES string of the molecule is CC(=O)OCCCC[C@@]12CCC[C@H]1[C@@H]1CCC34OC3C(=O)CC(O)[C@]4(C)[C@H]1CC2. The summed E-state index contributed by atoms with van der Waals surface area (Å²) < 4.78 is 11.2. The number of carbonyl (C=O) groups excluding carboxylic acids is 2. The summed E-state index contributed by atoms with van der Waals surface area (Å²) in [5, 5.41) is 11.1. The number of fused-ring (bicyclic) bond motifs is 4. The lowest BCUT2D eigenvalue weighted by Crippen LogP contribution is -2.63. The number of hydrogen-bond donors (Lipinski definition) is 1. The van der Waals surface area contributed by atoms with Crippen LogP contribution in [-0.2, 0) is 19.1 Å². The topological polar surface area (TPSA) is 76.1 Å². The smallest absolute Gasteiger partial charge is 0.302 e. The van der Waals surface area contributed by atoms with Gasteiger partial charge in [-0.3, -0.25) is 9.59 Å². The van der Waals surface area contributed by atoms with Crippen LogP contribution in [0.5, 0.6) is 0 Å². The molecule has 0 aromatic carbocycles. The van der Waals surface area contributed by atoms with Crippen LogP contribution in [0.25, 0.3) is 0 Å². The molecule has 1 spiro atoms. The number of unbranched alkanes of at least 4 members (excludes halogenated alkanes) is 1. The molecule has 1 heterocycles. The summed E-state index contributed by atoms with van der Waals surface area (Å²) in [6, 6.07) is 0. The molecule has 1 N–H and O–H groups in total. The van der Waals surface area contributed by atoms with Gasteiger partial charge in [0.25, 0.3) is 0 Å². The van der Waals surface area contributed by atoms with Crippen LogP contribution in [0.1, 0.15) is 84.5 Å². The largest absolute Gasteiger partial charge is 0.466 e. The molecule has 5 heteroatoms. The average Bonchev–Trinajstić information content (AvgIpc) is 3.27. The molecule has 4 aliphatic carbocycles. The number of aliphatic hydroxyl groups is 1. The maximum atomic E-state index is 12.3. The zero-order chi connectivity index (χ0) is 20.4. The number of ketones is 1. The normalized spacial score (nSPS) is 50.2. The van der Waals surface area contributed by atoms with Crippen LogP contribution >= 0.6 is 0 Å². The highest BCUT2D eigenvalue weighted by Crippen LogP contribution is 2.72. The molecule has 0 aromatic rings. The van der Waals surface area contributed by atoms with Gasteiger partial charge in [-0.15, -0.1) is 0 Å². The van der Waals surface area contributed by atoms with Gasteiger partial charge in [0, 0.05) is 18.8 Å². The van der Waals surface area contributed by atoms with Gasteiger partial charge in [0.2, 0.25) is 0 Å². The van der Waals surface area contributed by atoms with Crippen molar-refractivity contribution >= 4 is 11.8 Å². The number of ether oxygens (including phenoxy) is 2. The lowest BCUT2D eigenvalue weighted by molar-refractivity contribution is -0.164. The van der Waals surface area contributed by atoms with Crippen molar-refractivity contribution in [2.45, 2.75) is 102 Å². The Hall–Kier alpha value is -0.940. The summed E-state index contributed by atoms with van der Waals surface area (Å²) in [5.74, 6) is 1.81. The summed E-state index contributed by atoms with van der Waals surface area (Å²) in [6.45, 7) is 4.26. The van der Waals surface area contributed by atoms with E-state index in [2.05, 4.69) is 6.92 Å². The van der Waals surface area contributed by atoms with Crippen LogP contribution in [-0.4, -0.2) is 41.3 Å². The highest BCUT2D eigenvalue weighted by Gasteiger charge is 2.78. The first-order valence-electron chi connectivity index (χ1n) is 11.9. The molecule has 3 unspecified atom stereocenters. The molecule has 1 aliphatic heterocycles. The second kappa shape index (κ2) is 6.78. The van der Waals surface area contributed by atoms with E-state index < -0.39 is 6.10 Å². The number of aliphatic hydroxyl groups excluding tert-OH is 1. The Kier molecular flexibility index (Phi) is 4.67. The predicted octanol–water partition coefficient (Wildman–Crippen LogP) is 3.80. The molecule has 5 aliphatic rings. The van der Waals surface area contributed by atoms with Crippen molar-refractivity contribution in [2.75, 3.05) is 6.61 Å². The van der Waals surface area contributed by atoms with Gasteiger partial charge < -0.3 is 14.6 Å². The summed E-state index contributed by atoms with van der Waals surface area (Å²) in [6.07, 6.45) is 11.3. The fraction of sp³-hybridized carbons (Fsp3) is 0.917. The summed E-state index contributed by atoms with van der Waals surface area (Å²) in [4.78, 5) is 23.3. The Morgan fingerprint density at radius 3 is 2.79 bits per heavy atom. The van der Waals surface area contributed by atoms with Crippen molar-refractivity contribution in [3.8, 4) is 0 Å². The molecule has 8 atom stereocenters. The number of carbonyl (C=O) groups is 2. The number of epoxide rings is 1. The minimum Gasteiger partial charge on any atom is -0.466 e. The summed E-state index contributed by atoms with van der Waals surface area (Å²) in [7, 11) is 0. The monoisotopic (exact) mass is 404 g/mol. The highest BCUT2D eigenvalue weighted by molar-refractivity contribution is 5.89. The Morgan fingerprint density at radius 1 is 1.17 bits per heavy atom. The van der Waals surface area contributed by atoms with Crippen molar-refractivity contribution in [2.24, 2.45) is 28.6 Å². The van der Waals surface area contributed by atoms with E-state index in [-0.39, 0.29) is 35.3 Å². The van der Waals surface area contributed by atoms with Gasteiger partial charge in [0.1, 0.15) is 11.7 Å². The third-order valence-corrected chi connectivity index (χ3v) is 9.94. The summed E-state index contributed by atoms with van der Waals surface area (Å²) in [5.41, 5.74) is -0.193. The van der Waals surface area contributed by atoms with Gasteiger partial charge in [-0.1, -0.05) is 13.3 Å². The zero-order valence-corrected chi connectivity index (χ0v) is 18.0. The van der Waals surface area contributed by atoms with Gasteiger partial charge in [-0.05, 0) is 81.0 Å². The van der Waals surface area contributed by atoms with Crippen molar-refractivity contribution < 1.29 is 24.2 Å². The van der Waals surface area contributed by atoms with Crippen LogP contribution in [0, 0.1) is 28.6 Å². The van der Waals surface area contributed by atoms with Crippen LogP contribution in [0.4, 0.5) is 0 Å². The summed E-state index contributed by atoms with van der Waals surface area (Å²) >= 11 is 0. The highest BCUT2D eigenvalue weighted by atomic mass is 16.6. The molecule has 4 saturated carbocycles. The number of esters is 1. The van der Waals surface area contributed by atoms with Crippen molar-refractivity contribution in [1.82, 2.24) is 0 Å². The van der Waals surface area contributed by atoms with E-state index in [1.807, 2.05) is 0 Å². The van der Waals surface area contributed by atoms with E-state index in [1.54, 1.807) is 0 Å². The maximum Gasteiger partial charge on any atom is 0.302 e. The van der Waals surface area contributed by atoms with Gasteiger partial charge >= 0.3 is 5.97 Å². The van der Waals surface area contributed by atoms with Crippen molar-refractivity contribution in [3.63, 3.8) is 0 Å². The molecular weight excluding hydrogens is 368 g/mol. The number of Topliss-reactive ketones (excluding diaryl/α,β-unsaturated/α-hetero) is 1. The molecule has 0 amide bonds. The standard InChI is InChI=1S/C24H36O5/c1-15(25)28-13-4-3-9-23-10-5-6-18(23)16-7-12-24-21(29-24)19(26)14-20(27)22(24,2)17(16)8-11-23/h16-18,20-21,27H,3-14H2,1-2H3/t16-,17+,18+,20?,21?,22+,23+,24?/m1/s1. The molecule has 1 saturated heterocycles. The average molecular weight is 405 g/mol. The molecule has 0 bridgehead atoms. The fourth-order valence-corrected chi connectivity index (χ4v) is 8.56. The number of hydrogen-bond acceptors (Lipinski definition) is 5. The van der Waals surface area contributed by atoms with E-state index in [0.29, 0.717) is 23.9 Å². The quantitative estimate of drug-likeness (QED) is 0.428. The van der Waals surface area contributed by atoms with Crippen LogP contribution in [0.3, 0.4) is 0 Å². The molecule has 29 heavy (non-hydrogen) atoms. The third-order valence-electron chi connectivity index (χ3n) is 9.94. The van der Waals surface area contributed by atoms with Gasteiger partial charge in [0.05, 0.1) is 12.7 Å². The molecule has 162 valence electrons. The number of rotatable bonds is 5. The second-order valence-corrected chi connectivity index (χ2v) is 10.9. The first kappa shape index (κ1) is 20.0. The molecule has 5 rings (SSSR count). The minimum atomic E-state index is -0.556. The Bertz CT molecular complexity index is 705. The Balaban J connectivity index is 1.32. The van der Waals surface area contributed by atoms with Crippen LogP contribution in [0.15, 0.2) is 0 Å². The van der Waals surface area contributed by atoms with E-state index >= 15 is 0 Å². The fourth-order valence-electron chi connectivity index (χ4n) is 8.56. The third kappa shape index (κ3) is 2.72. The second-order valence-electron chi connectivity index (χ2n) is 10.9. The molecule has 0 radical (unpaired) electrons. The molecule has 0 aromatic heterocycles. The van der Waals surface area contributed by atoms with E-state index in [9.17, 15) is 14.7 Å². The lowest BCUT2D eigenvalue weighted by atomic mass is 9.44. The Morgan fingerprint density at radius 2 is 2.00 bits per heavy atom. The molecular formula is C24H36O5. The first-order chi connectivity index (χ1) is 13.8. The van der Waals surface area contributed by atoms with Crippen molar-refractivity contribution in [1.29, 1.82) is 0 Å². The lowest BCUT2D eigenvalue weighted by Gasteiger charge is -2.60. The van der Waals surface area contributed by atoms with Gasteiger partial charge in [0.15, 0.2) is 5.78 Å². The maximum absolute atomic E-state index is 12.3. The van der Waals surface area contributed by atoms with Crippen LogP contribution in [0.2, 0.25) is 0 Å². The first-order valence-corrected chi connectivity index (χ1v) is 11.9. The zero-order valence-electron chi connectivity index (χ0n) is 18.0. The minimum absolute atomic E-state index is 0.118. The Labute approximate surface area is 173 Å². The van der Waals surface area contributed by atoms with E-state index in [1.165, 1.54) is 39.0 Å². The van der Waals surface area contributed by atoms with Gasteiger partial charge in [-0.2, -0.15) is 0 Å². The predicted molar refractivity (Wildman–Crippen MR) is 107 cm³/mol. The van der Waals surface area contributed by atoms with Crippen molar-refractivity contribution in [3.05, 3.63) is 0 Å². The molecule has 5 fully saturated rings. The van der Waals surface area contributed by atoms with Gasteiger partial charge in [-0.25, -0.2) is 0 Å². The molecule has 5 nitrogen and oxygen atoms in total.